The topological polar surface area (TPSA) is 114 Å². The number of halogens is 1. The van der Waals surface area contributed by atoms with Gasteiger partial charge in [-0.1, -0.05) is 6.07 Å². The Morgan fingerprint density at radius 2 is 1.93 bits per heavy atom. The largest absolute Gasteiger partial charge is 0.323 e. The zero-order valence-electron chi connectivity index (χ0n) is 14.2. The highest BCUT2D eigenvalue weighted by atomic mass is 32.1. The van der Waals surface area contributed by atoms with Crippen molar-refractivity contribution in [2.24, 2.45) is 0 Å². The van der Waals surface area contributed by atoms with Gasteiger partial charge in [0.1, 0.15) is 5.82 Å². The van der Waals surface area contributed by atoms with Gasteiger partial charge in [0.15, 0.2) is 5.13 Å². The number of hydrogen-bond acceptors (Lipinski definition) is 7. The predicted molar refractivity (Wildman–Crippen MR) is 104 cm³/mol. The molecule has 0 atom stereocenters. The van der Waals surface area contributed by atoms with Crippen molar-refractivity contribution in [3.63, 3.8) is 0 Å². The number of nitrogens with one attached hydrogen (secondary N) is 2. The van der Waals surface area contributed by atoms with E-state index in [-0.39, 0.29) is 30.1 Å². The summed E-state index contributed by atoms with van der Waals surface area (Å²) in [5.74, 6) is -1.58. The van der Waals surface area contributed by atoms with Crippen molar-refractivity contribution in [3.8, 4) is 0 Å². The lowest BCUT2D eigenvalue weighted by molar-refractivity contribution is -0.384. The van der Waals surface area contributed by atoms with Crippen LogP contribution in [0.3, 0.4) is 0 Å². The monoisotopic (exact) mass is 420 g/mol. The van der Waals surface area contributed by atoms with Gasteiger partial charge in [0, 0.05) is 22.4 Å². The van der Waals surface area contributed by atoms with Crippen LogP contribution in [0.5, 0.6) is 0 Å². The maximum absolute atomic E-state index is 13.7. The number of nitrogens with zero attached hydrogens (tertiary/aromatic N) is 2. The van der Waals surface area contributed by atoms with Crippen LogP contribution >= 0.6 is 22.7 Å². The molecule has 2 N–H and O–H groups in total. The van der Waals surface area contributed by atoms with E-state index in [9.17, 15) is 24.1 Å². The number of aromatic nitrogens is 1. The average Bonchev–Trinajstić information content (AvgIpc) is 3.28. The Kier molecular flexibility index (Phi) is 6.06. The van der Waals surface area contributed by atoms with Crippen LogP contribution in [0.4, 0.5) is 20.9 Å². The molecule has 2 amide bonds. The Balaban J connectivity index is 1.57. The van der Waals surface area contributed by atoms with Gasteiger partial charge in [-0.05, 0) is 17.5 Å². The first kappa shape index (κ1) is 19.6. The molecule has 3 aromatic rings. The number of thiophene rings is 1. The van der Waals surface area contributed by atoms with Gasteiger partial charge < -0.3 is 10.6 Å². The van der Waals surface area contributed by atoms with E-state index in [2.05, 4.69) is 15.6 Å². The van der Waals surface area contributed by atoms with Crippen LogP contribution in [0.15, 0.2) is 41.1 Å². The van der Waals surface area contributed by atoms with E-state index in [1.807, 2.05) is 17.5 Å². The van der Waals surface area contributed by atoms with E-state index in [1.54, 1.807) is 5.38 Å². The number of non-ortho nitro benzene ring substituents is 1. The van der Waals surface area contributed by atoms with E-state index in [1.165, 1.54) is 22.7 Å². The number of rotatable bonds is 7. The van der Waals surface area contributed by atoms with E-state index in [4.69, 9.17) is 0 Å². The van der Waals surface area contributed by atoms with Crippen LogP contribution in [0, 0.1) is 15.9 Å². The summed E-state index contributed by atoms with van der Waals surface area (Å²) in [6.07, 6.45) is 0.0680. The smallest absolute Gasteiger partial charge is 0.271 e. The second kappa shape index (κ2) is 8.67. The van der Waals surface area contributed by atoms with Crippen molar-refractivity contribution in [1.82, 2.24) is 4.98 Å². The SMILES string of the molecule is O=C(Cc1cccs1)Nc1nc(CC(=O)Nc2cc([N+](=O)[O-])ccc2F)cs1. The van der Waals surface area contributed by atoms with Crippen molar-refractivity contribution in [2.45, 2.75) is 12.8 Å². The molecule has 0 aliphatic carbocycles. The first-order valence-electron chi connectivity index (χ1n) is 7.91. The van der Waals surface area contributed by atoms with Crippen molar-refractivity contribution in [3.05, 3.63) is 67.6 Å². The molecule has 0 aliphatic rings. The van der Waals surface area contributed by atoms with E-state index in [0.29, 0.717) is 10.8 Å². The van der Waals surface area contributed by atoms with Gasteiger partial charge in [-0.2, -0.15) is 0 Å². The maximum atomic E-state index is 13.7. The molecule has 11 heteroatoms. The minimum absolute atomic E-state index is 0.167. The zero-order valence-corrected chi connectivity index (χ0v) is 15.8. The minimum Gasteiger partial charge on any atom is -0.323 e. The van der Waals surface area contributed by atoms with Crippen LogP contribution in [0.25, 0.3) is 0 Å². The Morgan fingerprint density at radius 3 is 2.64 bits per heavy atom. The molecular weight excluding hydrogens is 407 g/mol. The van der Waals surface area contributed by atoms with E-state index in [0.717, 1.165) is 23.1 Å². The number of nitro benzene ring substituents is 1. The van der Waals surface area contributed by atoms with Crippen LogP contribution in [0.2, 0.25) is 0 Å². The first-order chi connectivity index (χ1) is 13.4. The Labute approximate surface area is 166 Å². The lowest BCUT2D eigenvalue weighted by atomic mass is 10.2. The molecule has 144 valence electrons. The molecule has 0 saturated heterocycles. The van der Waals surface area contributed by atoms with Crippen LogP contribution < -0.4 is 10.6 Å². The van der Waals surface area contributed by atoms with Gasteiger partial charge in [-0.3, -0.25) is 19.7 Å². The molecule has 2 aromatic heterocycles. The molecule has 0 unspecified atom stereocenters. The second-order valence-electron chi connectivity index (χ2n) is 5.59. The fourth-order valence-corrected chi connectivity index (χ4v) is 3.69. The standard InChI is InChI=1S/C17H13FN4O4S2/c18-13-4-3-11(22(25)26)7-14(13)20-15(23)6-10-9-28-17(19-10)21-16(24)8-12-2-1-5-27-12/h1-5,7,9H,6,8H2,(H,20,23)(H,19,21,24). The summed E-state index contributed by atoms with van der Waals surface area (Å²) in [5, 5.41) is 19.6. The van der Waals surface area contributed by atoms with Crippen LogP contribution in [-0.2, 0) is 22.4 Å². The number of hydrogen-bond donors (Lipinski definition) is 2. The molecule has 8 nitrogen and oxygen atoms in total. The predicted octanol–water partition coefficient (Wildman–Crippen LogP) is 3.61. The third-order valence-electron chi connectivity index (χ3n) is 3.49. The lowest BCUT2D eigenvalue weighted by Gasteiger charge is -2.05. The van der Waals surface area contributed by atoms with Crippen molar-refractivity contribution < 1.29 is 18.9 Å². The molecule has 3 rings (SSSR count). The zero-order chi connectivity index (χ0) is 20.1. The molecular formula is C17H13FN4O4S2. The van der Waals surface area contributed by atoms with Crippen molar-refractivity contribution in [2.75, 3.05) is 10.6 Å². The number of amides is 2. The number of anilines is 2. The fraction of sp³-hybridized carbons (Fsp3) is 0.118. The van der Waals surface area contributed by atoms with Gasteiger partial charge in [0.05, 0.1) is 29.1 Å². The number of thiazole rings is 1. The number of carbonyl (C=O) groups is 2. The molecule has 0 radical (unpaired) electrons. The highest BCUT2D eigenvalue weighted by Crippen LogP contribution is 2.22. The van der Waals surface area contributed by atoms with E-state index >= 15 is 0 Å². The molecule has 0 spiro atoms. The normalized spacial score (nSPS) is 10.5. The minimum atomic E-state index is -0.779. The van der Waals surface area contributed by atoms with Gasteiger partial charge in [0.25, 0.3) is 5.69 Å². The molecule has 0 saturated carbocycles. The summed E-state index contributed by atoms with van der Waals surface area (Å²) in [6, 6.07) is 6.59. The Bertz CT molecular complexity index is 1020. The second-order valence-corrected chi connectivity index (χ2v) is 7.48. The third-order valence-corrected chi connectivity index (χ3v) is 5.17. The summed E-state index contributed by atoms with van der Waals surface area (Å²) >= 11 is 2.64. The molecule has 28 heavy (non-hydrogen) atoms. The first-order valence-corrected chi connectivity index (χ1v) is 9.67. The number of carbonyl (C=O) groups excluding carboxylic acids is 2. The quantitative estimate of drug-likeness (QED) is 0.448. The highest BCUT2D eigenvalue weighted by Gasteiger charge is 2.15. The van der Waals surface area contributed by atoms with Crippen molar-refractivity contribution in [1.29, 1.82) is 0 Å². The molecule has 2 heterocycles. The summed E-state index contributed by atoms with van der Waals surface area (Å²) in [6.45, 7) is 0. The van der Waals surface area contributed by atoms with Crippen molar-refractivity contribution >= 4 is 51.0 Å². The highest BCUT2D eigenvalue weighted by molar-refractivity contribution is 7.14. The van der Waals surface area contributed by atoms with Gasteiger partial charge in [0.2, 0.25) is 11.8 Å². The summed E-state index contributed by atoms with van der Waals surface area (Å²) in [4.78, 5) is 39.2. The molecule has 0 fully saturated rings. The Morgan fingerprint density at radius 1 is 1.14 bits per heavy atom. The fourth-order valence-electron chi connectivity index (χ4n) is 2.26. The summed E-state index contributed by atoms with van der Waals surface area (Å²) in [5.41, 5.74) is -0.222. The van der Waals surface area contributed by atoms with Gasteiger partial charge in [-0.15, -0.1) is 22.7 Å². The molecule has 0 aliphatic heterocycles. The van der Waals surface area contributed by atoms with Gasteiger partial charge in [-0.25, -0.2) is 9.37 Å². The summed E-state index contributed by atoms with van der Waals surface area (Å²) < 4.78 is 13.7. The Hall–Kier alpha value is -3.18. The molecule has 1 aromatic carbocycles. The average molecular weight is 420 g/mol. The third kappa shape index (κ3) is 5.18. The van der Waals surface area contributed by atoms with Gasteiger partial charge >= 0.3 is 0 Å². The van der Waals surface area contributed by atoms with Crippen LogP contribution in [-0.4, -0.2) is 21.7 Å². The van der Waals surface area contributed by atoms with E-state index < -0.39 is 16.6 Å². The lowest BCUT2D eigenvalue weighted by Crippen LogP contribution is -2.16. The molecule has 0 bridgehead atoms. The van der Waals surface area contributed by atoms with Crippen LogP contribution in [0.1, 0.15) is 10.6 Å². The number of benzene rings is 1. The number of nitro groups is 1. The maximum Gasteiger partial charge on any atom is 0.271 e. The summed E-state index contributed by atoms with van der Waals surface area (Å²) in [7, 11) is 0.